The quantitative estimate of drug-likeness (QED) is 0.684. The maximum atomic E-state index is 13.1. The van der Waals surface area contributed by atoms with Crippen LogP contribution < -0.4 is 4.90 Å². The summed E-state index contributed by atoms with van der Waals surface area (Å²) in [6, 6.07) is 15.2. The minimum Gasteiger partial charge on any atom is -0.457 e. The normalized spacial score (nSPS) is 18.7. The van der Waals surface area contributed by atoms with Crippen molar-refractivity contribution in [1.29, 1.82) is 0 Å². The van der Waals surface area contributed by atoms with Crippen molar-refractivity contribution in [3.05, 3.63) is 65.2 Å². The first-order valence-electron chi connectivity index (χ1n) is 9.70. The van der Waals surface area contributed by atoms with Gasteiger partial charge in [-0.25, -0.2) is 0 Å². The molecule has 4 heteroatoms. The van der Waals surface area contributed by atoms with Crippen molar-refractivity contribution in [2.75, 3.05) is 4.90 Å². The van der Waals surface area contributed by atoms with Gasteiger partial charge in [0.1, 0.15) is 6.10 Å². The molecular weight excluding hydrogens is 338 g/mol. The number of nitrogens with zero attached hydrogens (tertiary/aromatic N) is 1. The topological polar surface area (TPSA) is 46.6 Å². The van der Waals surface area contributed by atoms with Crippen LogP contribution in [0.2, 0.25) is 0 Å². The Kier molecular flexibility index (Phi) is 5.94. The number of carbonyl (C=O) groups is 2. The van der Waals surface area contributed by atoms with Gasteiger partial charge in [-0.05, 0) is 38.5 Å². The van der Waals surface area contributed by atoms with Crippen molar-refractivity contribution in [1.82, 2.24) is 0 Å². The van der Waals surface area contributed by atoms with Gasteiger partial charge < -0.3 is 9.64 Å². The smallest absolute Gasteiger partial charge is 0.306 e. The number of hydrogen-bond acceptors (Lipinski definition) is 3. The number of amides is 1. The molecular formula is C23H27NO3. The third-order valence-electron chi connectivity index (χ3n) is 5.03. The van der Waals surface area contributed by atoms with E-state index in [2.05, 4.69) is 6.92 Å². The molecule has 142 valence electrons. The van der Waals surface area contributed by atoms with E-state index < -0.39 is 0 Å². The fourth-order valence-electron chi connectivity index (χ4n) is 3.61. The second-order valence-electron chi connectivity index (χ2n) is 7.27. The summed E-state index contributed by atoms with van der Waals surface area (Å²) in [6.45, 7) is 6.08. The number of unbranched alkanes of at least 4 members (excludes halogenated alkanes) is 1. The Hall–Kier alpha value is -2.62. The van der Waals surface area contributed by atoms with E-state index in [9.17, 15) is 9.59 Å². The van der Waals surface area contributed by atoms with Gasteiger partial charge in [-0.3, -0.25) is 9.59 Å². The summed E-state index contributed by atoms with van der Waals surface area (Å²) in [6.07, 6.45) is 2.53. The summed E-state index contributed by atoms with van der Waals surface area (Å²) in [4.78, 5) is 27.2. The molecule has 0 aromatic heterocycles. The molecule has 0 saturated carbocycles. The Balaban J connectivity index is 1.93. The van der Waals surface area contributed by atoms with Crippen molar-refractivity contribution < 1.29 is 14.3 Å². The van der Waals surface area contributed by atoms with Crippen LogP contribution in [0.5, 0.6) is 0 Å². The fraction of sp³-hybridized carbons (Fsp3) is 0.391. The predicted octanol–water partition coefficient (Wildman–Crippen LogP) is 5.21. The summed E-state index contributed by atoms with van der Waals surface area (Å²) in [5.41, 5.74) is 3.50. The minimum atomic E-state index is -0.306. The average Bonchev–Trinajstić information content (AvgIpc) is 2.67. The van der Waals surface area contributed by atoms with Crippen LogP contribution in [0.3, 0.4) is 0 Å². The standard InChI is InChI=1S/C23H27NO3/c1-4-5-11-22(25)27-21-15-17(3)24(20-13-12-16(2)14-19(20)21)23(26)18-9-7-6-8-10-18/h6-10,12-14,17,21H,4-5,11,15H2,1-3H3. The number of anilines is 1. The molecule has 1 heterocycles. The van der Waals surface area contributed by atoms with E-state index >= 15 is 0 Å². The van der Waals surface area contributed by atoms with Crippen LogP contribution in [0.15, 0.2) is 48.5 Å². The van der Waals surface area contributed by atoms with Crippen LogP contribution >= 0.6 is 0 Å². The van der Waals surface area contributed by atoms with E-state index in [0.29, 0.717) is 18.4 Å². The lowest BCUT2D eigenvalue weighted by atomic mass is 9.91. The van der Waals surface area contributed by atoms with E-state index in [4.69, 9.17) is 4.74 Å². The number of fused-ring (bicyclic) bond motifs is 1. The first-order chi connectivity index (χ1) is 13.0. The summed E-state index contributed by atoms with van der Waals surface area (Å²) >= 11 is 0. The number of rotatable bonds is 5. The van der Waals surface area contributed by atoms with Crippen LogP contribution in [0.25, 0.3) is 0 Å². The summed E-state index contributed by atoms with van der Waals surface area (Å²) in [5, 5.41) is 0. The third kappa shape index (κ3) is 4.21. The van der Waals surface area contributed by atoms with Gasteiger partial charge in [0.25, 0.3) is 5.91 Å². The fourth-order valence-corrected chi connectivity index (χ4v) is 3.61. The Morgan fingerprint density at radius 2 is 1.89 bits per heavy atom. The highest BCUT2D eigenvalue weighted by atomic mass is 16.5. The van der Waals surface area contributed by atoms with Gasteiger partial charge in [-0.2, -0.15) is 0 Å². The molecule has 1 aliphatic rings. The van der Waals surface area contributed by atoms with E-state index in [1.54, 1.807) is 0 Å². The molecule has 0 spiro atoms. The SMILES string of the molecule is CCCCC(=O)OC1CC(C)N(C(=O)c2ccccc2)c2ccc(C)cc21. The van der Waals surface area contributed by atoms with Gasteiger partial charge in [0, 0.05) is 30.0 Å². The first-order valence-corrected chi connectivity index (χ1v) is 9.70. The Bertz CT molecular complexity index is 816. The van der Waals surface area contributed by atoms with E-state index in [0.717, 1.165) is 29.7 Å². The summed E-state index contributed by atoms with van der Waals surface area (Å²) in [7, 11) is 0. The van der Waals surface area contributed by atoms with Gasteiger partial charge in [-0.15, -0.1) is 0 Å². The van der Waals surface area contributed by atoms with Gasteiger partial charge in [0.2, 0.25) is 0 Å². The minimum absolute atomic E-state index is 0.0241. The molecule has 0 fully saturated rings. The van der Waals surface area contributed by atoms with Crippen molar-refractivity contribution in [3.63, 3.8) is 0 Å². The molecule has 0 N–H and O–H groups in total. The summed E-state index contributed by atoms with van der Waals surface area (Å²) in [5.74, 6) is -0.187. The third-order valence-corrected chi connectivity index (χ3v) is 5.03. The van der Waals surface area contributed by atoms with Crippen molar-refractivity contribution in [2.45, 2.75) is 58.6 Å². The molecule has 0 radical (unpaired) electrons. The Morgan fingerprint density at radius 3 is 2.59 bits per heavy atom. The molecule has 0 saturated heterocycles. The summed E-state index contributed by atoms with van der Waals surface area (Å²) < 4.78 is 5.80. The lowest BCUT2D eigenvalue weighted by Crippen LogP contribution is -2.44. The highest BCUT2D eigenvalue weighted by molar-refractivity contribution is 6.07. The Morgan fingerprint density at radius 1 is 1.15 bits per heavy atom. The zero-order valence-electron chi connectivity index (χ0n) is 16.3. The zero-order chi connectivity index (χ0) is 19.4. The molecule has 4 nitrogen and oxygen atoms in total. The van der Waals surface area contributed by atoms with Gasteiger partial charge in [0.15, 0.2) is 0 Å². The Labute approximate surface area is 161 Å². The second-order valence-corrected chi connectivity index (χ2v) is 7.27. The lowest BCUT2D eigenvalue weighted by Gasteiger charge is -2.39. The molecule has 3 rings (SSSR count). The molecule has 2 atom stereocenters. The number of carbonyl (C=O) groups excluding carboxylic acids is 2. The van der Waals surface area contributed by atoms with Crippen molar-refractivity contribution >= 4 is 17.6 Å². The number of benzene rings is 2. The highest BCUT2D eigenvalue weighted by Gasteiger charge is 2.36. The number of esters is 1. The highest BCUT2D eigenvalue weighted by Crippen LogP contribution is 2.40. The van der Waals surface area contributed by atoms with Gasteiger partial charge in [-0.1, -0.05) is 49.2 Å². The second kappa shape index (κ2) is 8.38. The van der Waals surface area contributed by atoms with E-state index in [1.165, 1.54) is 0 Å². The number of hydrogen-bond donors (Lipinski definition) is 0. The molecule has 2 aromatic carbocycles. The molecule has 0 bridgehead atoms. The monoisotopic (exact) mass is 365 g/mol. The van der Waals surface area contributed by atoms with Gasteiger partial charge in [0.05, 0.1) is 5.69 Å². The molecule has 2 aromatic rings. The zero-order valence-corrected chi connectivity index (χ0v) is 16.3. The molecule has 1 aliphatic heterocycles. The van der Waals surface area contributed by atoms with Crippen LogP contribution in [-0.2, 0) is 9.53 Å². The molecule has 27 heavy (non-hydrogen) atoms. The molecule has 2 unspecified atom stereocenters. The lowest BCUT2D eigenvalue weighted by molar-refractivity contribution is -0.150. The first kappa shape index (κ1) is 19.2. The average molecular weight is 365 g/mol. The van der Waals surface area contributed by atoms with Crippen LogP contribution in [0.1, 0.15) is 67.1 Å². The number of ether oxygens (including phenoxy) is 1. The van der Waals surface area contributed by atoms with Crippen LogP contribution in [-0.4, -0.2) is 17.9 Å². The maximum Gasteiger partial charge on any atom is 0.306 e. The van der Waals surface area contributed by atoms with E-state index in [-0.39, 0.29) is 24.0 Å². The van der Waals surface area contributed by atoms with E-state index in [1.807, 2.05) is 67.3 Å². The largest absolute Gasteiger partial charge is 0.457 e. The molecule has 1 amide bonds. The maximum absolute atomic E-state index is 13.1. The van der Waals surface area contributed by atoms with Crippen molar-refractivity contribution in [2.24, 2.45) is 0 Å². The number of aryl methyl sites for hydroxylation is 1. The molecule has 0 aliphatic carbocycles. The van der Waals surface area contributed by atoms with Crippen LogP contribution in [0, 0.1) is 6.92 Å². The van der Waals surface area contributed by atoms with Crippen LogP contribution in [0.4, 0.5) is 5.69 Å². The van der Waals surface area contributed by atoms with Gasteiger partial charge >= 0.3 is 5.97 Å². The predicted molar refractivity (Wildman–Crippen MR) is 107 cm³/mol. The van der Waals surface area contributed by atoms with Crippen molar-refractivity contribution in [3.8, 4) is 0 Å².